The highest BCUT2D eigenvalue weighted by Gasteiger charge is 2.33. The minimum atomic E-state index is -0.129. The van der Waals surface area contributed by atoms with E-state index in [4.69, 9.17) is 28.2 Å². The summed E-state index contributed by atoms with van der Waals surface area (Å²) < 4.78 is 3.23. The van der Waals surface area contributed by atoms with Gasteiger partial charge in [0.2, 0.25) is 5.91 Å². The first-order valence-electron chi connectivity index (χ1n) is 13.8. The van der Waals surface area contributed by atoms with Gasteiger partial charge in [0.1, 0.15) is 5.82 Å². The van der Waals surface area contributed by atoms with Gasteiger partial charge in [-0.15, -0.1) is 0 Å². The number of rotatable bonds is 5. The molecule has 10 heteroatoms. The zero-order valence-corrected chi connectivity index (χ0v) is 25.6. The molecule has 0 N–H and O–H groups in total. The number of aromatic nitrogens is 2. The maximum absolute atomic E-state index is 13.6. The lowest BCUT2D eigenvalue weighted by Crippen LogP contribution is -2.53. The molecule has 2 saturated heterocycles. The maximum Gasteiger partial charge on any atom is 0.255 e. The maximum atomic E-state index is 13.6. The number of imidazole rings is 1. The van der Waals surface area contributed by atoms with Crippen molar-refractivity contribution in [3.05, 3.63) is 92.6 Å². The number of halogens is 3. The number of piperidine rings is 1. The van der Waals surface area contributed by atoms with E-state index < -0.39 is 0 Å². The van der Waals surface area contributed by atoms with Crippen LogP contribution >= 0.6 is 39.1 Å². The van der Waals surface area contributed by atoms with Crippen molar-refractivity contribution in [3.8, 4) is 5.69 Å². The Hall–Kier alpha value is -2.91. The van der Waals surface area contributed by atoms with Gasteiger partial charge in [0.25, 0.3) is 5.91 Å². The van der Waals surface area contributed by atoms with Gasteiger partial charge in [-0.2, -0.15) is 0 Å². The lowest BCUT2D eigenvalue weighted by molar-refractivity contribution is -0.139. The smallest absolute Gasteiger partial charge is 0.255 e. The van der Waals surface area contributed by atoms with Crippen molar-refractivity contribution >= 4 is 62.0 Å². The van der Waals surface area contributed by atoms with Crippen LogP contribution in [0.2, 0.25) is 10.0 Å². The minimum Gasteiger partial charge on any atom is -0.339 e. The molecule has 1 aromatic heterocycles. The number of nitrogens with zero attached hydrogens (tertiary/aromatic N) is 5. The zero-order valence-electron chi connectivity index (χ0n) is 22.5. The Balaban J connectivity index is 1.12. The van der Waals surface area contributed by atoms with Crippen molar-refractivity contribution in [1.82, 2.24) is 24.3 Å². The molecule has 0 radical (unpaired) electrons. The van der Waals surface area contributed by atoms with Crippen LogP contribution in [-0.4, -0.2) is 75.3 Å². The SMILES string of the molecule is O=C(c1ccc(Cl)cc1Cl)N1CCN(C(=O)[C@@H]2CCCN(Cc3nc4ccccc4n3-c3cccc(Br)c3)C2)CC1. The molecule has 3 heterocycles. The van der Waals surface area contributed by atoms with Crippen molar-refractivity contribution in [2.24, 2.45) is 5.92 Å². The molecule has 4 aromatic rings. The van der Waals surface area contributed by atoms with Crippen molar-refractivity contribution < 1.29 is 9.59 Å². The topological polar surface area (TPSA) is 61.7 Å². The predicted molar refractivity (Wildman–Crippen MR) is 166 cm³/mol. The second kappa shape index (κ2) is 12.1. The third-order valence-corrected chi connectivity index (χ3v) is 9.00. The Bertz CT molecular complexity index is 1600. The van der Waals surface area contributed by atoms with Gasteiger partial charge in [0.05, 0.1) is 34.1 Å². The first kappa shape index (κ1) is 28.2. The van der Waals surface area contributed by atoms with Gasteiger partial charge in [-0.25, -0.2) is 4.98 Å². The van der Waals surface area contributed by atoms with E-state index in [1.165, 1.54) is 0 Å². The van der Waals surface area contributed by atoms with Crippen LogP contribution in [0.5, 0.6) is 0 Å². The van der Waals surface area contributed by atoms with E-state index in [1.54, 1.807) is 23.1 Å². The van der Waals surface area contributed by atoms with Crippen LogP contribution in [0, 0.1) is 5.92 Å². The molecule has 2 aliphatic heterocycles. The highest BCUT2D eigenvalue weighted by atomic mass is 79.9. The van der Waals surface area contributed by atoms with E-state index in [2.05, 4.69) is 43.6 Å². The summed E-state index contributed by atoms with van der Waals surface area (Å²) in [7, 11) is 0. The minimum absolute atomic E-state index is 0.0691. The number of hydrogen-bond donors (Lipinski definition) is 0. The van der Waals surface area contributed by atoms with Crippen LogP contribution in [0.15, 0.2) is 71.2 Å². The molecule has 212 valence electrons. The normalized spacial score (nSPS) is 18.2. The van der Waals surface area contributed by atoms with E-state index in [-0.39, 0.29) is 17.7 Å². The quantitative estimate of drug-likeness (QED) is 0.254. The van der Waals surface area contributed by atoms with E-state index in [1.807, 2.05) is 35.2 Å². The van der Waals surface area contributed by atoms with Crippen LogP contribution in [0.4, 0.5) is 0 Å². The fourth-order valence-electron chi connectivity index (χ4n) is 5.91. The van der Waals surface area contributed by atoms with Gasteiger partial charge in [0.15, 0.2) is 0 Å². The number of likely N-dealkylation sites (tertiary alicyclic amines) is 1. The number of carbonyl (C=O) groups excluding carboxylic acids is 2. The van der Waals surface area contributed by atoms with Crippen LogP contribution in [-0.2, 0) is 11.3 Å². The predicted octanol–water partition coefficient (Wildman–Crippen LogP) is 6.29. The van der Waals surface area contributed by atoms with Gasteiger partial charge < -0.3 is 9.80 Å². The number of fused-ring (bicyclic) bond motifs is 1. The highest BCUT2D eigenvalue weighted by molar-refractivity contribution is 9.10. The van der Waals surface area contributed by atoms with Crippen LogP contribution in [0.25, 0.3) is 16.7 Å². The molecule has 2 aliphatic rings. The molecular weight excluding hydrogens is 625 g/mol. The monoisotopic (exact) mass is 653 g/mol. The van der Waals surface area contributed by atoms with Gasteiger partial charge >= 0.3 is 0 Å². The summed E-state index contributed by atoms with van der Waals surface area (Å²) in [6.45, 7) is 4.29. The second-order valence-corrected chi connectivity index (χ2v) is 12.4. The number of benzene rings is 3. The van der Waals surface area contributed by atoms with E-state index in [9.17, 15) is 9.59 Å². The van der Waals surface area contributed by atoms with Gasteiger partial charge in [0, 0.05) is 47.9 Å². The van der Waals surface area contributed by atoms with Crippen molar-refractivity contribution in [2.45, 2.75) is 19.4 Å². The van der Waals surface area contributed by atoms with Crippen molar-refractivity contribution in [3.63, 3.8) is 0 Å². The van der Waals surface area contributed by atoms with Crippen LogP contribution < -0.4 is 0 Å². The van der Waals surface area contributed by atoms with E-state index >= 15 is 0 Å². The molecule has 2 fully saturated rings. The molecule has 7 nitrogen and oxygen atoms in total. The summed E-state index contributed by atoms with van der Waals surface area (Å²) in [5.41, 5.74) is 3.52. The largest absolute Gasteiger partial charge is 0.339 e. The molecular formula is C31H30BrCl2N5O2. The fraction of sp³-hybridized carbons (Fsp3) is 0.323. The van der Waals surface area contributed by atoms with Crippen LogP contribution in [0.3, 0.4) is 0 Å². The third-order valence-electron chi connectivity index (χ3n) is 7.96. The number of amides is 2. The average molecular weight is 655 g/mol. The first-order chi connectivity index (χ1) is 19.9. The van der Waals surface area contributed by atoms with E-state index in [0.29, 0.717) is 54.9 Å². The Labute approximate surface area is 257 Å². The third kappa shape index (κ3) is 6.02. The number of piperazine rings is 1. The van der Waals surface area contributed by atoms with Gasteiger partial charge in [-0.1, -0.05) is 57.3 Å². The Morgan fingerprint density at radius 3 is 2.46 bits per heavy atom. The standard InChI is InChI=1S/C31H30BrCl2N5O2/c32-22-6-3-7-24(17-22)39-28-9-2-1-8-27(28)35-29(39)20-36-12-4-5-21(19-36)30(40)37-13-15-38(16-14-37)31(41)25-11-10-23(33)18-26(25)34/h1-3,6-11,17-18,21H,4-5,12-16,19-20H2/t21-/m1/s1. The second-order valence-electron chi connectivity index (χ2n) is 10.6. The van der Waals surface area contributed by atoms with Crippen LogP contribution in [0.1, 0.15) is 29.0 Å². The van der Waals surface area contributed by atoms with Crippen molar-refractivity contribution in [2.75, 3.05) is 39.3 Å². The summed E-state index contributed by atoms with van der Waals surface area (Å²) in [5.74, 6) is 0.938. The molecule has 0 unspecified atom stereocenters. The highest BCUT2D eigenvalue weighted by Crippen LogP contribution is 2.27. The summed E-state index contributed by atoms with van der Waals surface area (Å²) in [5, 5.41) is 0.839. The lowest BCUT2D eigenvalue weighted by Gasteiger charge is -2.39. The Morgan fingerprint density at radius 1 is 0.902 bits per heavy atom. The molecule has 6 rings (SSSR count). The molecule has 2 amide bonds. The molecule has 3 aromatic carbocycles. The summed E-state index contributed by atoms with van der Waals surface area (Å²) in [6.07, 6.45) is 1.83. The number of para-hydroxylation sites is 2. The summed E-state index contributed by atoms with van der Waals surface area (Å²) in [4.78, 5) is 37.6. The molecule has 0 bridgehead atoms. The van der Waals surface area contributed by atoms with Gasteiger partial charge in [-0.3, -0.25) is 19.1 Å². The van der Waals surface area contributed by atoms with Gasteiger partial charge in [-0.05, 0) is 67.9 Å². The average Bonchev–Trinajstić information content (AvgIpc) is 3.34. The summed E-state index contributed by atoms with van der Waals surface area (Å²) in [6, 6.07) is 21.3. The lowest BCUT2D eigenvalue weighted by atomic mass is 9.96. The molecule has 41 heavy (non-hydrogen) atoms. The first-order valence-corrected chi connectivity index (χ1v) is 15.4. The number of hydrogen-bond acceptors (Lipinski definition) is 4. The fourth-order valence-corrected chi connectivity index (χ4v) is 6.78. The number of carbonyl (C=O) groups is 2. The molecule has 1 atom stereocenters. The zero-order chi connectivity index (χ0) is 28.5. The Kier molecular flexibility index (Phi) is 8.35. The summed E-state index contributed by atoms with van der Waals surface area (Å²) >= 11 is 15.9. The molecule has 0 aliphatic carbocycles. The molecule has 0 saturated carbocycles. The van der Waals surface area contributed by atoms with E-state index in [0.717, 1.165) is 46.4 Å². The Morgan fingerprint density at radius 2 is 1.68 bits per heavy atom. The van der Waals surface area contributed by atoms with Crippen molar-refractivity contribution in [1.29, 1.82) is 0 Å². The molecule has 0 spiro atoms.